The van der Waals surface area contributed by atoms with E-state index in [0.717, 1.165) is 0 Å². The second kappa shape index (κ2) is 6.04. The van der Waals surface area contributed by atoms with Crippen molar-refractivity contribution in [1.82, 2.24) is 9.97 Å². The molecule has 2 heterocycles. The first-order valence-corrected chi connectivity index (χ1v) is 7.08. The zero-order chi connectivity index (χ0) is 17.3. The van der Waals surface area contributed by atoms with E-state index in [1.165, 1.54) is 6.07 Å². The maximum atomic E-state index is 10.6. The van der Waals surface area contributed by atoms with Crippen molar-refractivity contribution in [3.8, 4) is 11.5 Å². The van der Waals surface area contributed by atoms with Gasteiger partial charge in [0.25, 0.3) is 0 Å². The fourth-order valence-corrected chi connectivity index (χ4v) is 2.26. The van der Waals surface area contributed by atoms with Crippen molar-refractivity contribution in [3.05, 3.63) is 47.7 Å². The first-order valence-electron chi connectivity index (χ1n) is 7.08. The summed E-state index contributed by atoms with van der Waals surface area (Å²) in [6.45, 7) is 3.46. The molecule has 0 atom stereocenters. The Morgan fingerprint density at radius 3 is 2.38 bits per heavy atom. The number of carbonyl (C=O) groups is 1. The SMILES string of the molecule is Cc1nc2c(C=O)c(O)ccc2o1.Cc1nc2cc(O)ccc2o1. The van der Waals surface area contributed by atoms with Crippen molar-refractivity contribution in [2.24, 2.45) is 0 Å². The Labute approximate surface area is 136 Å². The highest BCUT2D eigenvalue weighted by Crippen LogP contribution is 2.25. The molecule has 4 rings (SSSR count). The molecule has 4 aromatic rings. The van der Waals surface area contributed by atoms with E-state index >= 15 is 0 Å². The maximum absolute atomic E-state index is 10.6. The molecular weight excluding hydrogens is 312 g/mol. The average molecular weight is 326 g/mol. The molecule has 2 aromatic heterocycles. The normalized spacial score (nSPS) is 10.6. The average Bonchev–Trinajstić information content (AvgIpc) is 3.08. The summed E-state index contributed by atoms with van der Waals surface area (Å²) in [5.41, 5.74) is 2.50. The largest absolute Gasteiger partial charge is 0.508 e. The quantitative estimate of drug-likeness (QED) is 0.515. The van der Waals surface area contributed by atoms with Crippen LogP contribution in [0, 0.1) is 13.8 Å². The van der Waals surface area contributed by atoms with Crippen LogP contribution in [0.15, 0.2) is 39.2 Å². The Morgan fingerprint density at radius 1 is 0.958 bits per heavy atom. The Bertz CT molecular complexity index is 1030. The van der Waals surface area contributed by atoms with Crippen LogP contribution in [0.5, 0.6) is 11.5 Å². The van der Waals surface area contributed by atoms with Gasteiger partial charge in [-0.25, -0.2) is 9.97 Å². The van der Waals surface area contributed by atoms with Gasteiger partial charge in [-0.15, -0.1) is 0 Å². The highest BCUT2D eigenvalue weighted by atomic mass is 16.4. The van der Waals surface area contributed by atoms with Gasteiger partial charge in [0, 0.05) is 19.9 Å². The molecule has 0 saturated carbocycles. The summed E-state index contributed by atoms with van der Waals surface area (Å²) >= 11 is 0. The molecular formula is C17H14N2O5. The highest BCUT2D eigenvalue weighted by molar-refractivity contribution is 5.96. The Morgan fingerprint density at radius 2 is 1.62 bits per heavy atom. The molecule has 7 nitrogen and oxygen atoms in total. The Kier molecular flexibility index (Phi) is 3.91. The lowest BCUT2D eigenvalue weighted by Gasteiger charge is -1.94. The second-order valence-electron chi connectivity index (χ2n) is 5.08. The summed E-state index contributed by atoms with van der Waals surface area (Å²) in [6.07, 6.45) is 0.569. The third kappa shape index (κ3) is 2.91. The van der Waals surface area contributed by atoms with E-state index in [9.17, 15) is 9.90 Å². The Balaban J connectivity index is 0.000000143. The Hall–Kier alpha value is -3.35. The van der Waals surface area contributed by atoms with Gasteiger partial charge in [0.05, 0.1) is 5.56 Å². The fourth-order valence-electron chi connectivity index (χ4n) is 2.26. The van der Waals surface area contributed by atoms with Crippen molar-refractivity contribution in [3.63, 3.8) is 0 Å². The summed E-state index contributed by atoms with van der Waals surface area (Å²) in [5, 5.41) is 18.4. The van der Waals surface area contributed by atoms with Crippen molar-refractivity contribution in [1.29, 1.82) is 0 Å². The first kappa shape index (κ1) is 15.5. The maximum Gasteiger partial charge on any atom is 0.192 e. The van der Waals surface area contributed by atoms with E-state index in [0.29, 0.717) is 40.3 Å². The van der Waals surface area contributed by atoms with Gasteiger partial charge in [0.1, 0.15) is 22.5 Å². The number of aryl methyl sites for hydroxylation is 2. The zero-order valence-electron chi connectivity index (χ0n) is 13.0. The summed E-state index contributed by atoms with van der Waals surface area (Å²) in [4.78, 5) is 18.6. The number of fused-ring (bicyclic) bond motifs is 2. The van der Waals surface area contributed by atoms with Crippen LogP contribution in [0.2, 0.25) is 0 Å². The third-order valence-electron chi connectivity index (χ3n) is 3.28. The molecule has 7 heteroatoms. The molecule has 122 valence electrons. The van der Waals surface area contributed by atoms with Crippen LogP contribution in [0.3, 0.4) is 0 Å². The number of rotatable bonds is 1. The molecule has 2 N–H and O–H groups in total. The van der Waals surface area contributed by atoms with Gasteiger partial charge in [-0.05, 0) is 24.3 Å². The predicted molar refractivity (Wildman–Crippen MR) is 86.2 cm³/mol. The molecule has 0 radical (unpaired) electrons. The minimum absolute atomic E-state index is 0.0733. The van der Waals surface area contributed by atoms with E-state index in [2.05, 4.69) is 9.97 Å². The van der Waals surface area contributed by atoms with Gasteiger partial charge >= 0.3 is 0 Å². The predicted octanol–water partition coefficient (Wildman–Crippen LogP) is 3.50. The number of oxazole rings is 2. The van der Waals surface area contributed by atoms with Crippen LogP contribution in [0.4, 0.5) is 0 Å². The standard InChI is InChI=1S/C9H7NO3.C8H7NO2/c1-5-10-9-6(4-11)7(12)2-3-8(9)13-5;1-5-9-7-4-6(10)2-3-8(7)11-5/h2-4,12H,1H3;2-4,10H,1H3. The summed E-state index contributed by atoms with van der Waals surface area (Å²) < 4.78 is 10.4. The van der Waals surface area contributed by atoms with E-state index in [1.807, 2.05) is 0 Å². The molecule has 0 spiro atoms. The number of hydrogen-bond acceptors (Lipinski definition) is 7. The van der Waals surface area contributed by atoms with E-state index in [-0.39, 0.29) is 17.1 Å². The number of nitrogens with zero attached hydrogens (tertiary/aromatic N) is 2. The van der Waals surface area contributed by atoms with Crippen LogP contribution in [0.25, 0.3) is 22.2 Å². The van der Waals surface area contributed by atoms with Gasteiger partial charge in [-0.2, -0.15) is 0 Å². The molecule has 0 aliphatic heterocycles. The van der Waals surface area contributed by atoms with Crippen LogP contribution >= 0.6 is 0 Å². The van der Waals surface area contributed by atoms with Crippen molar-refractivity contribution in [2.75, 3.05) is 0 Å². The smallest absolute Gasteiger partial charge is 0.192 e. The molecule has 0 amide bonds. The van der Waals surface area contributed by atoms with Crippen LogP contribution < -0.4 is 0 Å². The minimum Gasteiger partial charge on any atom is -0.508 e. The molecule has 24 heavy (non-hydrogen) atoms. The van der Waals surface area contributed by atoms with E-state index < -0.39 is 0 Å². The zero-order valence-corrected chi connectivity index (χ0v) is 13.0. The van der Waals surface area contributed by atoms with Gasteiger partial charge in [-0.1, -0.05) is 0 Å². The highest BCUT2D eigenvalue weighted by Gasteiger charge is 2.10. The molecule has 2 aromatic carbocycles. The lowest BCUT2D eigenvalue weighted by Crippen LogP contribution is -1.83. The minimum atomic E-state index is -0.0733. The molecule has 0 aliphatic rings. The number of carbonyl (C=O) groups excluding carboxylic acids is 1. The lowest BCUT2D eigenvalue weighted by molar-refractivity contribution is 0.112. The number of phenols is 2. The fraction of sp³-hybridized carbons (Fsp3) is 0.118. The molecule has 0 unspecified atom stereocenters. The van der Waals surface area contributed by atoms with Gasteiger partial charge in [0.2, 0.25) is 0 Å². The second-order valence-corrected chi connectivity index (χ2v) is 5.08. The molecule has 0 aliphatic carbocycles. The van der Waals surface area contributed by atoms with Crippen LogP contribution in [-0.2, 0) is 0 Å². The summed E-state index contributed by atoms with van der Waals surface area (Å²) in [5.74, 6) is 1.23. The van der Waals surface area contributed by atoms with Crippen molar-refractivity contribution >= 4 is 28.5 Å². The number of aromatic nitrogens is 2. The number of hydrogen-bond donors (Lipinski definition) is 2. The molecule has 0 saturated heterocycles. The van der Waals surface area contributed by atoms with Crippen molar-refractivity contribution < 1.29 is 23.8 Å². The van der Waals surface area contributed by atoms with Gasteiger partial charge in [-0.3, -0.25) is 4.79 Å². The van der Waals surface area contributed by atoms with Gasteiger partial charge in [0.15, 0.2) is 29.2 Å². The van der Waals surface area contributed by atoms with E-state index in [4.69, 9.17) is 13.9 Å². The van der Waals surface area contributed by atoms with Crippen molar-refractivity contribution in [2.45, 2.75) is 13.8 Å². The number of aldehydes is 1. The number of phenolic OH excluding ortho intramolecular Hbond substituents is 2. The molecule has 0 bridgehead atoms. The summed E-state index contributed by atoms with van der Waals surface area (Å²) in [6, 6.07) is 7.85. The summed E-state index contributed by atoms with van der Waals surface area (Å²) in [7, 11) is 0. The number of benzene rings is 2. The molecule has 0 fully saturated rings. The first-order chi connectivity index (χ1) is 11.5. The third-order valence-corrected chi connectivity index (χ3v) is 3.28. The lowest BCUT2D eigenvalue weighted by atomic mass is 10.2. The van der Waals surface area contributed by atoms with E-state index in [1.54, 1.807) is 38.1 Å². The van der Waals surface area contributed by atoms with Crippen LogP contribution in [0.1, 0.15) is 22.1 Å². The van der Waals surface area contributed by atoms with Gasteiger partial charge < -0.3 is 19.0 Å². The topological polar surface area (TPSA) is 110 Å². The monoisotopic (exact) mass is 326 g/mol. The van der Waals surface area contributed by atoms with Crippen LogP contribution in [-0.4, -0.2) is 26.5 Å². The number of aromatic hydroxyl groups is 2.